The Morgan fingerprint density at radius 1 is 1.31 bits per heavy atom. The molecule has 73 valence electrons. The molecule has 0 spiro atoms. The van der Waals surface area contributed by atoms with E-state index in [0.29, 0.717) is 0 Å². The first kappa shape index (κ1) is 19.1. The summed E-state index contributed by atoms with van der Waals surface area (Å²) in [6.45, 7) is 7.19. The Bertz CT molecular complexity index is 183. The van der Waals surface area contributed by atoms with Gasteiger partial charge in [0.25, 0.3) is 0 Å². The van der Waals surface area contributed by atoms with Crippen molar-refractivity contribution in [3.05, 3.63) is 23.8 Å². The molecule has 13 heavy (non-hydrogen) atoms. The minimum absolute atomic E-state index is 0. The van der Waals surface area contributed by atoms with E-state index in [9.17, 15) is 0 Å². The van der Waals surface area contributed by atoms with Crippen LogP contribution in [0.25, 0.3) is 0 Å². The molecule has 0 heterocycles. The molecule has 0 saturated carbocycles. The van der Waals surface area contributed by atoms with Crippen LogP contribution in [0, 0.1) is 6.08 Å². The van der Waals surface area contributed by atoms with E-state index < -0.39 is 8.07 Å². The van der Waals surface area contributed by atoms with Crippen molar-refractivity contribution in [3.63, 3.8) is 0 Å². The van der Waals surface area contributed by atoms with Crippen LogP contribution in [0.5, 0.6) is 0 Å². The zero-order valence-corrected chi connectivity index (χ0v) is 11.8. The van der Waals surface area contributed by atoms with Crippen molar-refractivity contribution in [1.82, 2.24) is 0 Å². The molecule has 0 atom stereocenters. The third kappa shape index (κ3) is 8.76. The Hall–Kier alpha value is 0.440. The number of hydrogen-bond donors (Lipinski definition) is 0. The minimum Gasteiger partial charge on any atom is -1.00 e. The summed E-state index contributed by atoms with van der Waals surface area (Å²) in [6.07, 6.45) is 8.81. The van der Waals surface area contributed by atoms with E-state index in [-0.39, 0.29) is 35.6 Å². The topological polar surface area (TPSA) is 0 Å². The predicted molar refractivity (Wildman–Crippen MR) is 48.7 cm³/mol. The van der Waals surface area contributed by atoms with Crippen molar-refractivity contribution >= 4 is 8.07 Å². The molecular formula is C9H15F2SiZr. The second-order valence-corrected chi connectivity index (χ2v) is 9.52. The first-order valence-electron chi connectivity index (χ1n) is 3.84. The number of rotatable bonds is 2. The normalized spacial score (nSPS) is 13.6. The molecule has 0 bridgehead atoms. The molecule has 0 fully saturated rings. The van der Waals surface area contributed by atoms with Crippen LogP contribution in [-0.4, -0.2) is 8.07 Å². The fourth-order valence-corrected chi connectivity index (χ4v) is 2.53. The Balaban J connectivity index is -0.000000333. The summed E-state index contributed by atoms with van der Waals surface area (Å²) < 4.78 is 0. The third-order valence-electron chi connectivity index (χ3n) is 1.49. The molecule has 0 aromatic carbocycles. The smallest absolute Gasteiger partial charge is 1.00 e. The van der Waals surface area contributed by atoms with E-state index in [1.54, 1.807) is 0 Å². The third-order valence-corrected chi connectivity index (χ3v) is 2.93. The van der Waals surface area contributed by atoms with E-state index in [1.807, 2.05) is 0 Å². The number of hydrogen-bond acceptors (Lipinski definition) is 0. The first-order chi connectivity index (χ1) is 4.58. The number of allylic oxidation sites excluding steroid dienone is 4. The first-order valence-corrected chi connectivity index (χ1v) is 7.55. The zero-order chi connectivity index (χ0) is 7.61. The van der Waals surface area contributed by atoms with Crippen LogP contribution in [0.4, 0.5) is 0 Å². The van der Waals surface area contributed by atoms with Gasteiger partial charge in [0.15, 0.2) is 0 Å². The summed E-state index contributed by atoms with van der Waals surface area (Å²) in [7, 11) is -0.873. The molecule has 0 aromatic rings. The van der Waals surface area contributed by atoms with Crippen molar-refractivity contribution < 1.29 is 35.6 Å². The van der Waals surface area contributed by atoms with Crippen LogP contribution in [0.3, 0.4) is 0 Å². The van der Waals surface area contributed by atoms with Gasteiger partial charge in [0.2, 0.25) is 0 Å². The molecule has 1 rings (SSSR count). The van der Waals surface area contributed by atoms with E-state index in [1.165, 1.54) is 11.6 Å². The van der Waals surface area contributed by atoms with Gasteiger partial charge < -0.3 is 9.41 Å². The second kappa shape index (κ2) is 7.81. The molecule has 1 aliphatic rings. The maximum absolute atomic E-state index is 3.35. The summed E-state index contributed by atoms with van der Waals surface area (Å²) in [6, 6.07) is 1.30. The van der Waals surface area contributed by atoms with Crippen molar-refractivity contribution in [3.8, 4) is 0 Å². The standard InChI is InChI=1S/C9H15Si.2FH.Zr/c1-10(2,3)8-9-6-4-5-7-9;;;/h4,6H,5,8H2,1-3H3;2*1H;/q-1;;;+3/p-2. The SMILES string of the molecule is C[Si](C)(C)CC1=[C-]CC=C1.[F-].[F-].[Zr+3]. The summed E-state index contributed by atoms with van der Waals surface area (Å²) in [5, 5.41) is 0. The van der Waals surface area contributed by atoms with E-state index in [0.717, 1.165) is 6.42 Å². The van der Waals surface area contributed by atoms with Gasteiger partial charge in [-0.15, -0.1) is 6.42 Å². The van der Waals surface area contributed by atoms with Gasteiger partial charge in [0, 0.05) is 8.07 Å². The van der Waals surface area contributed by atoms with Gasteiger partial charge in [-0.25, -0.2) is 11.6 Å². The van der Waals surface area contributed by atoms with Gasteiger partial charge in [0.05, 0.1) is 0 Å². The Morgan fingerprint density at radius 2 is 1.85 bits per heavy atom. The van der Waals surface area contributed by atoms with Crippen molar-refractivity contribution in [1.29, 1.82) is 0 Å². The van der Waals surface area contributed by atoms with E-state index >= 15 is 0 Å². The van der Waals surface area contributed by atoms with Gasteiger partial charge in [0.1, 0.15) is 0 Å². The van der Waals surface area contributed by atoms with Crippen LogP contribution < -0.4 is 9.41 Å². The molecule has 0 nitrogen and oxygen atoms in total. The fraction of sp³-hybridized carbons (Fsp3) is 0.556. The maximum Gasteiger partial charge on any atom is 3.00 e. The van der Waals surface area contributed by atoms with Crippen LogP contribution in [0.2, 0.25) is 25.7 Å². The van der Waals surface area contributed by atoms with Gasteiger partial charge in [-0.2, -0.15) is 6.08 Å². The summed E-state index contributed by atoms with van der Waals surface area (Å²) in [4.78, 5) is 0. The van der Waals surface area contributed by atoms with E-state index in [2.05, 4.69) is 37.9 Å². The summed E-state index contributed by atoms with van der Waals surface area (Å²) >= 11 is 0. The molecule has 1 aliphatic carbocycles. The molecular weight excluding hydrogens is 265 g/mol. The van der Waals surface area contributed by atoms with E-state index in [4.69, 9.17) is 0 Å². The largest absolute Gasteiger partial charge is 3.00 e. The van der Waals surface area contributed by atoms with Gasteiger partial charge in [-0.05, 0) is 0 Å². The van der Waals surface area contributed by atoms with Gasteiger partial charge >= 0.3 is 26.2 Å². The van der Waals surface area contributed by atoms with Crippen molar-refractivity contribution in [2.75, 3.05) is 0 Å². The molecule has 0 aromatic heterocycles. The number of halogens is 2. The summed E-state index contributed by atoms with van der Waals surface area (Å²) in [5.74, 6) is 0. The monoisotopic (exact) mass is 279 g/mol. The van der Waals surface area contributed by atoms with Crippen LogP contribution >= 0.6 is 0 Å². The average molecular weight is 281 g/mol. The fourth-order valence-electron chi connectivity index (χ4n) is 1.14. The quantitative estimate of drug-likeness (QED) is 0.374. The van der Waals surface area contributed by atoms with Crippen LogP contribution in [-0.2, 0) is 26.2 Å². The summed E-state index contributed by atoms with van der Waals surface area (Å²) in [5.41, 5.74) is 1.44. The Kier molecular flexibility index (Phi) is 11.5. The molecule has 1 radical (unpaired) electrons. The second-order valence-electron chi connectivity index (χ2n) is 4.05. The zero-order valence-electron chi connectivity index (χ0n) is 8.32. The van der Waals surface area contributed by atoms with Crippen molar-refractivity contribution in [2.24, 2.45) is 0 Å². The molecule has 4 heteroatoms. The maximum atomic E-state index is 3.35. The van der Waals surface area contributed by atoms with Gasteiger partial charge in [-0.3, -0.25) is 6.08 Å². The van der Waals surface area contributed by atoms with Crippen LogP contribution in [0.15, 0.2) is 17.7 Å². The average Bonchev–Trinajstić information content (AvgIpc) is 2.12. The molecule has 0 aliphatic heterocycles. The molecule has 0 saturated heterocycles. The van der Waals surface area contributed by atoms with Crippen molar-refractivity contribution in [2.45, 2.75) is 32.1 Å². The molecule has 0 amide bonds. The van der Waals surface area contributed by atoms with Crippen LogP contribution in [0.1, 0.15) is 6.42 Å². The van der Waals surface area contributed by atoms with Gasteiger partial charge in [-0.1, -0.05) is 25.7 Å². The molecule has 0 unspecified atom stereocenters. The Labute approximate surface area is 99.4 Å². The minimum atomic E-state index is -0.873. The molecule has 0 N–H and O–H groups in total. The predicted octanol–water partition coefficient (Wildman–Crippen LogP) is -2.98. The Morgan fingerprint density at radius 3 is 2.15 bits per heavy atom.